The molecule has 1 fully saturated rings. The number of carboxylic acid groups (broad SMARTS) is 1. The van der Waals surface area contributed by atoms with Gasteiger partial charge < -0.3 is 10.0 Å². The van der Waals surface area contributed by atoms with E-state index < -0.39 is 5.97 Å². The second-order valence-electron chi connectivity index (χ2n) is 5.05. The van der Waals surface area contributed by atoms with Gasteiger partial charge in [-0.05, 0) is 27.4 Å². The van der Waals surface area contributed by atoms with Gasteiger partial charge in [0.2, 0.25) is 0 Å². The highest BCUT2D eigenvalue weighted by Gasteiger charge is 2.38. The summed E-state index contributed by atoms with van der Waals surface area (Å²) in [4.78, 5) is 15.3. The van der Waals surface area contributed by atoms with Gasteiger partial charge in [-0.25, -0.2) is 0 Å². The Hall–Kier alpha value is -0.610. The Bertz CT molecular complexity index is 241. The van der Waals surface area contributed by atoms with Crippen LogP contribution < -0.4 is 0 Å². The van der Waals surface area contributed by atoms with E-state index in [0.29, 0.717) is 0 Å². The predicted octanol–water partition coefficient (Wildman–Crippen LogP) is 0.876. The zero-order chi connectivity index (χ0) is 11.6. The van der Waals surface area contributed by atoms with Crippen LogP contribution in [0.4, 0.5) is 0 Å². The van der Waals surface area contributed by atoms with Crippen LogP contribution in [0, 0.1) is 0 Å². The highest BCUT2D eigenvalue weighted by atomic mass is 16.4. The largest absolute Gasteiger partial charge is 0.481 e. The fourth-order valence-corrected chi connectivity index (χ4v) is 2.83. The molecule has 0 radical (unpaired) electrons. The summed E-state index contributed by atoms with van der Waals surface area (Å²) in [5, 5.41) is 8.89. The maximum Gasteiger partial charge on any atom is 0.304 e. The van der Waals surface area contributed by atoms with Crippen molar-refractivity contribution in [1.82, 2.24) is 9.80 Å². The van der Waals surface area contributed by atoms with Crippen molar-refractivity contribution >= 4 is 5.97 Å². The Labute approximate surface area is 91.9 Å². The van der Waals surface area contributed by atoms with Crippen LogP contribution in [0.15, 0.2) is 0 Å². The molecule has 1 aliphatic rings. The van der Waals surface area contributed by atoms with Crippen LogP contribution in [0.25, 0.3) is 0 Å². The van der Waals surface area contributed by atoms with E-state index >= 15 is 0 Å². The van der Waals surface area contributed by atoms with Crippen LogP contribution in [0.1, 0.15) is 27.2 Å². The summed E-state index contributed by atoms with van der Waals surface area (Å²) in [6.07, 6.45) is 0.238. The normalized spacial score (nSPS) is 27.9. The number of piperazine rings is 1. The third-order valence-electron chi connectivity index (χ3n) is 3.15. The van der Waals surface area contributed by atoms with Crippen LogP contribution in [0.3, 0.4) is 0 Å². The van der Waals surface area contributed by atoms with Gasteiger partial charge >= 0.3 is 5.97 Å². The van der Waals surface area contributed by atoms with Gasteiger partial charge in [-0.2, -0.15) is 0 Å². The van der Waals surface area contributed by atoms with E-state index in [1.807, 2.05) is 0 Å². The standard InChI is InChI=1S/C11H22N2O2/c1-5-13-9(6-10(14)15)7-12(4)8-11(13,2)3/h9H,5-8H2,1-4H3,(H,14,15). The minimum Gasteiger partial charge on any atom is -0.481 e. The number of rotatable bonds is 3. The molecule has 1 heterocycles. The molecule has 88 valence electrons. The van der Waals surface area contributed by atoms with Crippen molar-refractivity contribution < 1.29 is 9.90 Å². The lowest BCUT2D eigenvalue weighted by Gasteiger charge is -2.50. The maximum absolute atomic E-state index is 10.8. The van der Waals surface area contributed by atoms with Crippen LogP contribution in [-0.2, 0) is 4.79 Å². The number of aliphatic carboxylic acids is 1. The number of carbonyl (C=O) groups is 1. The summed E-state index contributed by atoms with van der Waals surface area (Å²) < 4.78 is 0. The third-order valence-corrected chi connectivity index (χ3v) is 3.15. The number of carboxylic acids is 1. The van der Waals surface area contributed by atoms with E-state index in [1.165, 1.54) is 0 Å². The van der Waals surface area contributed by atoms with Crippen molar-refractivity contribution in [3.63, 3.8) is 0 Å². The van der Waals surface area contributed by atoms with Gasteiger partial charge in [0.05, 0.1) is 6.42 Å². The zero-order valence-electron chi connectivity index (χ0n) is 10.2. The number of hydrogen-bond donors (Lipinski definition) is 1. The van der Waals surface area contributed by atoms with Crippen LogP contribution >= 0.6 is 0 Å². The number of hydrogen-bond acceptors (Lipinski definition) is 3. The molecule has 0 spiro atoms. The molecule has 0 aliphatic carbocycles. The van der Waals surface area contributed by atoms with Crippen LogP contribution in [0.2, 0.25) is 0 Å². The second kappa shape index (κ2) is 4.49. The smallest absolute Gasteiger partial charge is 0.304 e. The quantitative estimate of drug-likeness (QED) is 0.757. The van der Waals surface area contributed by atoms with E-state index in [2.05, 4.69) is 37.6 Å². The van der Waals surface area contributed by atoms with Gasteiger partial charge in [0.25, 0.3) is 0 Å². The summed E-state index contributed by atoms with van der Waals surface area (Å²) in [7, 11) is 2.06. The van der Waals surface area contributed by atoms with Crippen molar-refractivity contribution in [3.05, 3.63) is 0 Å². The van der Waals surface area contributed by atoms with Gasteiger partial charge in [0.1, 0.15) is 0 Å². The van der Waals surface area contributed by atoms with E-state index in [-0.39, 0.29) is 18.0 Å². The first kappa shape index (κ1) is 12.5. The maximum atomic E-state index is 10.8. The average molecular weight is 214 g/mol. The molecule has 0 aromatic rings. The molecule has 0 aromatic carbocycles. The van der Waals surface area contributed by atoms with Crippen LogP contribution in [-0.4, -0.2) is 59.1 Å². The molecule has 1 saturated heterocycles. The Balaban J connectivity index is 2.78. The summed E-state index contributed by atoms with van der Waals surface area (Å²) >= 11 is 0. The molecule has 1 unspecified atom stereocenters. The molecule has 1 rings (SSSR count). The Kier molecular flexibility index (Phi) is 3.73. The minimum atomic E-state index is -0.704. The monoisotopic (exact) mass is 214 g/mol. The Morgan fingerprint density at radius 1 is 1.53 bits per heavy atom. The predicted molar refractivity (Wildman–Crippen MR) is 60.0 cm³/mol. The Morgan fingerprint density at radius 3 is 2.60 bits per heavy atom. The van der Waals surface area contributed by atoms with Gasteiger partial charge in [-0.1, -0.05) is 6.92 Å². The first-order valence-electron chi connectivity index (χ1n) is 5.54. The first-order valence-corrected chi connectivity index (χ1v) is 5.54. The van der Waals surface area contributed by atoms with Gasteiger partial charge in [-0.15, -0.1) is 0 Å². The highest BCUT2D eigenvalue weighted by molar-refractivity contribution is 5.67. The summed E-state index contributed by atoms with van der Waals surface area (Å²) in [5.41, 5.74) is 0.0713. The third kappa shape index (κ3) is 2.92. The molecular formula is C11H22N2O2. The summed E-state index contributed by atoms with van der Waals surface area (Å²) in [6, 6.07) is 0.140. The molecule has 1 N–H and O–H groups in total. The molecule has 0 amide bonds. The van der Waals surface area contributed by atoms with Crippen molar-refractivity contribution in [2.45, 2.75) is 38.8 Å². The minimum absolute atomic E-state index is 0.0713. The molecule has 15 heavy (non-hydrogen) atoms. The summed E-state index contributed by atoms with van der Waals surface area (Å²) in [5.74, 6) is -0.704. The molecule has 1 aliphatic heterocycles. The fourth-order valence-electron chi connectivity index (χ4n) is 2.83. The summed E-state index contributed by atoms with van der Waals surface area (Å²) in [6.45, 7) is 9.23. The topological polar surface area (TPSA) is 43.8 Å². The zero-order valence-corrected chi connectivity index (χ0v) is 10.2. The number of likely N-dealkylation sites (N-methyl/N-ethyl adjacent to an activating group) is 2. The second-order valence-corrected chi connectivity index (χ2v) is 5.05. The lowest BCUT2D eigenvalue weighted by molar-refractivity contribution is -0.140. The van der Waals surface area contributed by atoms with Crippen molar-refractivity contribution in [3.8, 4) is 0 Å². The molecule has 1 atom stereocenters. The van der Waals surface area contributed by atoms with E-state index in [9.17, 15) is 4.79 Å². The van der Waals surface area contributed by atoms with E-state index in [1.54, 1.807) is 0 Å². The number of nitrogens with zero attached hydrogens (tertiary/aromatic N) is 2. The van der Waals surface area contributed by atoms with Crippen LogP contribution in [0.5, 0.6) is 0 Å². The van der Waals surface area contributed by atoms with Crippen molar-refractivity contribution in [1.29, 1.82) is 0 Å². The molecule has 0 aromatic heterocycles. The Morgan fingerprint density at radius 2 is 2.13 bits per heavy atom. The molecular weight excluding hydrogens is 192 g/mol. The SMILES string of the molecule is CCN1C(CC(=O)O)CN(C)CC1(C)C. The molecule has 0 saturated carbocycles. The molecule has 4 heteroatoms. The van der Waals surface area contributed by atoms with E-state index in [0.717, 1.165) is 19.6 Å². The fraction of sp³-hybridized carbons (Fsp3) is 0.909. The van der Waals surface area contributed by atoms with Crippen molar-refractivity contribution in [2.24, 2.45) is 0 Å². The van der Waals surface area contributed by atoms with E-state index in [4.69, 9.17) is 5.11 Å². The molecule has 4 nitrogen and oxygen atoms in total. The van der Waals surface area contributed by atoms with Gasteiger partial charge in [0, 0.05) is 24.7 Å². The van der Waals surface area contributed by atoms with Crippen molar-refractivity contribution in [2.75, 3.05) is 26.7 Å². The van der Waals surface area contributed by atoms with Gasteiger partial charge in [-0.3, -0.25) is 9.69 Å². The highest BCUT2D eigenvalue weighted by Crippen LogP contribution is 2.25. The first-order chi connectivity index (χ1) is 6.86. The lowest BCUT2D eigenvalue weighted by atomic mass is 9.94. The van der Waals surface area contributed by atoms with Gasteiger partial charge in [0.15, 0.2) is 0 Å². The lowest BCUT2D eigenvalue weighted by Crippen LogP contribution is -2.63. The average Bonchev–Trinajstić information content (AvgIpc) is 1.99. The molecule has 0 bridgehead atoms.